The third-order valence-corrected chi connectivity index (χ3v) is 5.49. The number of likely N-dealkylation sites (tertiary alicyclic amines) is 1. The van der Waals surface area contributed by atoms with E-state index in [0.29, 0.717) is 16.2 Å². The van der Waals surface area contributed by atoms with Gasteiger partial charge in [0.15, 0.2) is 12.4 Å². The zero-order chi connectivity index (χ0) is 19.2. The van der Waals surface area contributed by atoms with Crippen molar-refractivity contribution in [3.8, 4) is 0 Å². The second-order valence-electron chi connectivity index (χ2n) is 7.62. The predicted octanol–water partition coefficient (Wildman–Crippen LogP) is 2.66. The summed E-state index contributed by atoms with van der Waals surface area (Å²) in [4.78, 5) is 16.9. The summed E-state index contributed by atoms with van der Waals surface area (Å²) < 4.78 is 0.699. The van der Waals surface area contributed by atoms with Gasteiger partial charge in [0.05, 0.1) is 5.56 Å². The maximum atomic E-state index is 12.6. The number of rotatable bonds is 6. The summed E-state index contributed by atoms with van der Waals surface area (Å²) in [6, 6.07) is 11.8. The third kappa shape index (κ3) is 5.30. The molecule has 1 fully saturated rings. The van der Waals surface area contributed by atoms with Crippen LogP contribution in [0.3, 0.4) is 0 Å². The van der Waals surface area contributed by atoms with Crippen LogP contribution in [0.5, 0.6) is 0 Å². The number of piperidine rings is 1. The van der Waals surface area contributed by atoms with Gasteiger partial charge in [-0.2, -0.15) is 4.73 Å². The fourth-order valence-electron chi connectivity index (χ4n) is 3.92. The molecule has 5 heteroatoms. The van der Waals surface area contributed by atoms with Crippen LogP contribution in [-0.4, -0.2) is 48.9 Å². The van der Waals surface area contributed by atoms with E-state index in [9.17, 15) is 10.0 Å². The predicted molar refractivity (Wildman–Crippen MR) is 106 cm³/mol. The molecule has 0 spiro atoms. The molecule has 1 atom stereocenters. The van der Waals surface area contributed by atoms with Gasteiger partial charge >= 0.3 is 0 Å². The van der Waals surface area contributed by atoms with Gasteiger partial charge in [-0.3, -0.25) is 4.79 Å². The molecule has 27 heavy (non-hydrogen) atoms. The first-order valence-electron chi connectivity index (χ1n) is 9.74. The highest BCUT2D eigenvalue weighted by Crippen LogP contribution is 2.19. The van der Waals surface area contributed by atoms with Crippen LogP contribution in [0.4, 0.5) is 0 Å². The normalized spacial score (nSPS) is 17.6. The van der Waals surface area contributed by atoms with E-state index in [2.05, 4.69) is 36.1 Å². The molecule has 1 saturated heterocycles. The third-order valence-electron chi connectivity index (χ3n) is 5.49. The molecule has 0 bridgehead atoms. The standard InChI is InChI=1S/C22H29N3O2/c1-18-6-3-4-8-20(18)9-13-24-12-5-7-19(17-24)16-23(2)22(26)21-10-14-25(27)15-11-21/h3-4,6,8,10-11,14-15,19H,5,7,9,12-13,16-17H2,1-2H3/t19-/m0/s1. The Morgan fingerprint density at radius 3 is 2.74 bits per heavy atom. The molecule has 5 nitrogen and oxygen atoms in total. The Balaban J connectivity index is 1.51. The Hall–Kier alpha value is -2.40. The SMILES string of the molecule is Cc1ccccc1CCN1CCC[C@@H](CN(C)C(=O)c2cc[n+]([O-])cc2)C1. The fourth-order valence-corrected chi connectivity index (χ4v) is 3.92. The molecule has 1 aromatic carbocycles. The quantitative estimate of drug-likeness (QED) is 0.583. The van der Waals surface area contributed by atoms with Crippen molar-refractivity contribution in [2.75, 3.05) is 33.2 Å². The minimum atomic E-state index is -0.0207. The number of aromatic nitrogens is 1. The van der Waals surface area contributed by atoms with Crippen molar-refractivity contribution in [3.05, 3.63) is 70.7 Å². The molecule has 1 aliphatic rings. The Bertz CT molecular complexity index is 760. The van der Waals surface area contributed by atoms with Crippen molar-refractivity contribution >= 4 is 5.91 Å². The zero-order valence-electron chi connectivity index (χ0n) is 16.3. The van der Waals surface area contributed by atoms with E-state index in [0.717, 1.165) is 39.0 Å². The van der Waals surface area contributed by atoms with Gasteiger partial charge in [0.25, 0.3) is 5.91 Å². The molecule has 0 aliphatic carbocycles. The lowest BCUT2D eigenvalue weighted by Gasteiger charge is -2.34. The fraction of sp³-hybridized carbons (Fsp3) is 0.455. The largest absolute Gasteiger partial charge is 0.619 e. The summed E-state index contributed by atoms with van der Waals surface area (Å²) in [5, 5.41) is 11.1. The highest BCUT2D eigenvalue weighted by atomic mass is 16.5. The molecular weight excluding hydrogens is 338 g/mol. The van der Waals surface area contributed by atoms with Crippen LogP contribution < -0.4 is 4.73 Å². The first-order chi connectivity index (χ1) is 13.0. The zero-order valence-corrected chi connectivity index (χ0v) is 16.3. The minimum Gasteiger partial charge on any atom is -0.619 e. The Kier molecular flexibility index (Phi) is 6.45. The average Bonchev–Trinajstić information content (AvgIpc) is 2.68. The van der Waals surface area contributed by atoms with Gasteiger partial charge in [0.1, 0.15) is 0 Å². The van der Waals surface area contributed by atoms with Crippen molar-refractivity contribution in [2.45, 2.75) is 26.2 Å². The van der Waals surface area contributed by atoms with Gasteiger partial charge in [-0.25, -0.2) is 0 Å². The molecule has 144 valence electrons. The van der Waals surface area contributed by atoms with Gasteiger partial charge in [0.2, 0.25) is 0 Å². The summed E-state index contributed by atoms with van der Waals surface area (Å²) in [6.45, 7) is 6.18. The molecular formula is C22H29N3O2. The van der Waals surface area contributed by atoms with E-state index in [-0.39, 0.29) is 5.91 Å². The van der Waals surface area contributed by atoms with E-state index in [1.54, 1.807) is 17.0 Å². The number of benzene rings is 1. The Labute approximate surface area is 161 Å². The summed E-state index contributed by atoms with van der Waals surface area (Å²) in [6.07, 6.45) is 6.16. The summed E-state index contributed by atoms with van der Waals surface area (Å²) in [5.74, 6) is 0.477. The van der Waals surface area contributed by atoms with E-state index >= 15 is 0 Å². The van der Waals surface area contributed by atoms with Crippen LogP contribution in [0, 0.1) is 18.0 Å². The van der Waals surface area contributed by atoms with E-state index < -0.39 is 0 Å². The first kappa shape index (κ1) is 19.4. The first-order valence-corrected chi connectivity index (χ1v) is 9.74. The van der Waals surface area contributed by atoms with Crippen LogP contribution in [0.15, 0.2) is 48.8 Å². The number of hydrogen-bond acceptors (Lipinski definition) is 3. The molecule has 2 heterocycles. The Morgan fingerprint density at radius 2 is 2.00 bits per heavy atom. The van der Waals surface area contributed by atoms with Crippen LogP contribution in [0.2, 0.25) is 0 Å². The van der Waals surface area contributed by atoms with Crippen molar-refractivity contribution in [1.82, 2.24) is 9.80 Å². The van der Waals surface area contributed by atoms with Gasteiger partial charge in [-0.15, -0.1) is 0 Å². The summed E-state index contributed by atoms with van der Waals surface area (Å²) in [5.41, 5.74) is 3.35. The van der Waals surface area contributed by atoms with Crippen molar-refractivity contribution in [2.24, 2.45) is 5.92 Å². The highest BCUT2D eigenvalue weighted by Gasteiger charge is 2.23. The van der Waals surface area contributed by atoms with Crippen molar-refractivity contribution in [3.63, 3.8) is 0 Å². The number of nitrogens with zero attached hydrogens (tertiary/aromatic N) is 3. The smallest absolute Gasteiger partial charge is 0.254 e. The highest BCUT2D eigenvalue weighted by molar-refractivity contribution is 5.93. The number of aryl methyl sites for hydroxylation is 1. The Morgan fingerprint density at radius 1 is 1.26 bits per heavy atom. The lowest BCUT2D eigenvalue weighted by molar-refractivity contribution is -0.605. The van der Waals surface area contributed by atoms with Crippen LogP contribution in [0.1, 0.15) is 34.3 Å². The van der Waals surface area contributed by atoms with Crippen LogP contribution in [0.25, 0.3) is 0 Å². The molecule has 3 rings (SSSR count). The maximum Gasteiger partial charge on any atom is 0.254 e. The van der Waals surface area contributed by atoms with Gasteiger partial charge in [0, 0.05) is 38.8 Å². The molecule has 1 aliphatic heterocycles. The van der Waals surface area contributed by atoms with Crippen LogP contribution >= 0.6 is 0 Å². The van der Waals surface area contributed by atoms with Crippen LogP contribution in [-0.2, 0) is 6.42 Å². The number of hydrogen-bond donors (Lipinski definition) is 0. The number of carbonyl (C=O) groups is 1. The molecule has 0 saturated carbocycles. The van der Waals surface area contributed by atoms with Gasteiger partial charge in [-0.1, -0.05) is 24.3 Å². The van der Waals surface area contributed by atoms with E-state index in [4.69, 9.17) is 0 Å². The number of carbonyl (C=O) groups excluding carboxylic acids is 1. The second kappa shape index (κ2) is 9.00. The topological polar surface area (TPSA) is 50.5 Å². The lowest BCUT2D eigenvalue weighted by atomic mass is 9.96. The lowest BCUT2D eigenvalue weighted by Crippen LogP contribution is -2.42. The summed E-state index contributed by atoms with van der Waals surface area (Å²) >= 11 is 0. The maximum absolute atomic E-state index is 12.6. The molecule has 0 unspecified atom stereocenters. The number of pyridine rings is 1. The van der Waals surface area contributed by atoms with Crippen molar-refractivity contribution < 1.29 is 9.52 Å². The van der Waals surface area contributed by atoms with Gasteiger partial charge in [-0.05, 0) is 49.8 Å². The number of amides is 1. The average molecular weight is 367 g/mol. The minimum absolute atomic E-state index is 0.0207. The second-order valence-corrected chi connectivity index (χ2v) is 7.62. The summed E-state index contributed by atoms with van der Waals surface area (Å²) in [7, 11) is 1.85. The molecule has 0 radical (unpaired) electrons. The van der Waals surface area contributed by atoms with Crippen molar-refractivity contribution in [1.29, 1.82) is 0 Å². The monoisotopic (exact) mass is 367 g/mol. The van der Waals surface area contributed by atoms with E-state index in [1.165, 1.54) is 29.9 Å². The molecule has 0 N–H and O–H groups in total. The molecule has 2 aromatic rings. The van der Waals surface area contributed by atoms with Gasteiger partial charge < -0.3 is 15.0 Å². The molecule has 1 amide bonds. The molecule has 1 aromatic heterocycles. The van der Waals surface area contributed by atoms with E-state index in [1.807, 2.05) is 7.05 Å².